The van der Waals surface area contributed by atoms with Crippen molar-refractivity contribution < 1.29 is 4.79 Å². The molecule has 0 unspecified atom stereocenters. The lowest BCUT2D eigenvalue weighted by atomic mass is 10.0. The quantitative estimate of drug-likeness (QED) is 0.735. The van der Waals surface area contributed by atoms with Gasteiger partial charge in [0.15, 0.2) is 5.16 Å². The molecule has 1 heterocycles. The van der Waals surface area contributed by atoms with Crippen molar-refractivity contribution in [3.05, 3.63) is 35.7 Å². The molecule has 1 aromatic carbocycles. The SMILES string of the molecule is CC(C)c1cccc(NC(=O)CSc2nnc(C(C)C)n2C2CC2)c1. The number of nitrogens with one attached hydrogen (secondary N) is 1. The predicted octanol–water partition coefficient (Wildman–Crippen LogP) is 4.59. The zero-order valence-corrected chi connectivity index (χ0v) is 16.1. The van der Waals surface area contributed by atoms with Gasteiger partial charge in [0.2, 0.25) is 5.91 Å². The summed E-state index contributed by atoms with van der Waals surface area (Å²) in [6, 6.07) is 8.55. The zero-order chi connectivity index (χ0) is 18.0. The minimum absolute atomic E-state index is 0.0117. The molecule has 0 spiro atoms. The van der Waals surface area contributed by atoms with E-state index in [1.807, 2.05) is 18.2 Å². The van der Waals surface area contributed by atoms with Gasteiger partial charge in [-0.15, -0.1) is 10.2 Å². The molecule has 1 saturated carbocycles. The molecule has 6 heteroatoms. The highest BCUT2D eigenvalue weighted by Gasteiger charge is 2.30. The Bertz CT molecular complexity index is 750. The van der Waals surface area contributed by atoms with Crippen LogP contribution < -0.4 is 5.32 Å². The van der Waals surface area contributed by atoms with Crippen molar-refractivity contribution in [1.29, 1.82) is 0 Å². The van der Waals surface area contributed by atoms with E-state index in [1.54, 1.807) is 0 Å². The van der Waals surface area contributed by atoms with Crippen molar-refractivity contribution in [2.45, 2.75) is 63.6 Å². The van der Waals surface area contributed by atoms with Crippen LogP contribution in [0, 0.1) is 0 Å². The number of hydrogen-bond acceptors (Lipinski definition) is 4. The lowest BCUT2D eigenvalue weighted by molar-refractivity contribution is -0.113. The summed E-state index contributed by atoms with van der Waals surface area (Å²) >= 11 is 1.47. The number of benzene rings is 1. The number of carbonyl (C=O) groups is 1. The number of amides is 1. The van der Waals surface area contributed by atoms with Gasteiger partial charge in [0.25, 0.3) is 0 Å². The molecule has 2 aromatic rings. The maximum Gasteiger partial charge on any atom is 0.234 e. The van der Waals surface area contributed by atoms with Gasteiger partial charge in [-0.3, -0.25) is 4.79 Å². The normalized spacial score (nSPS) is 14.3. The maximum absolute atomic E-state index is 12.3. The molecular formula is C19H26N4OS. The monoisotopic (exact) mass is 358 g/mol. The Morgan fingerprint density at radius 2 is 2.00 bits per heavy atom. The van der Waals surface area contributed by atoms with Crippen LogP contribution in [0.25, 0.3) is 0 Å². The van der Waals surface area contributed by atoms with Crippen molar-refractivity contribution in [1.82, 2.24) is 14.8 Å². The van der Waals surface area contributed by atoms with Crippen molar-refractivity contribution in [3.63, 3.8) is 0 Å². The molecule has 1 aliphatic carbocycles. The number of hydrogen-bond donors (Lipinski definition) is 1. The van der Waals surface area contributed by atoms with E-state index in [2.05, 4.69) is 53.8 Å². The first kappa shape index (κ1) is 18.0. The third-order valence-electron chi connectivity index (χ3n) is 4.29. The predicted molar refractivity (Wildman–Crippen MR) is 102 cm³/mol. The first-order valence-electron chi connectivity index (χ1n) is 8.93. The van der Waals surface area contributed by atoms with E-state index in [-0.39, 0.29) is 5.91 Å². The summed E-state index contributed by atoms with van der Waals surface area (Å²) in [5.74, 6) is 2.14. The molecule has 1 N–H and O–H groups in total. The molecule has 134 valence electrons. The Balaban J connectivity index is 1.62. The van der Waals surface area contributed by atoms with Gasteiger partial charge in [-0.1, -0.05) is 51.6 Å². The van der Waals surface area contributed by atoms with E-state index in [1.165, 1.54) is 30.2 Å². The third kappa shape index (κ3) is 4.42. The van der Waals surface area contributed by atoms with Crippen LogP contribution >= 0.6 is 11.8 Å². The van der Waals surface area contributed by atoms with Gasteiger partial charge < -0.3 is 9.88 Å². The van der Waals surface area contributed by atoms with E-state index in [0.717, 1.165) is 16.7 Å². The van der Waals surface area contributed by atoms with Crippen molar-refractivity contribution in [2.24, 2.45) is 0 Å². The Labute approximate surface area is 153 Å². The molecule has 1 amide bonds. The highest BCUT2D eigenvalue weighted by atomic mass is 32.2. The van der Waals surface area contributed by atoms with Crippen LogP contribution in [0.2, 0.25) is 0 Å². The van der Waals surface area contributed by atoms with Gasteiger partial charge in [0.05, 0.1) is 5.75 Å². The number of thioether (sulfide) groups is 1. The highest BCUT2D eigenvalue weighted by molar-refractivity contribution is 7.99. The summed E-state index contributed by atoms with van der Waals surface area (Å²) < 4.78 is 2.22. The summed E-state index contributed by atoms with van der Waals surface area (Å²) in [6.45, 7) is 8.55. The number of nitrogens with zero attached hydrogens (tertiary/aromatic N) is 3. The molecule has 0 saturated heterocycles. The molecule has 1 aromatic heterocycles. The summed E-state index contributed by atoms with van der Waals surface area (Å²) in [6.07, 6.45) is 2.36. The number of rotatable bonds is 7. The van der Waals surface area contributed by atoms with Crippen molar-refractivity contribution in [2.75, 3.05) is 11.1 Å². The van der Waals surface area contributed by atoms with Crippen LogP contribution in [0.5, 0.6) is 0 Å². The fourth-order valence-corrected chi connectivity index (χ4v) is 3.57. The molecule has 0 bridgehead atoms. The fraction of sp³-hybridized carbons (Fsp3) is 0.526. The number of anilines is 1. The van der Waals surface area contributed by atoms with Crippen molar-refractivity contribution >= 4 is 23.4 Å². The lowest BCUT2D eigenvalue weighted by Crippen LogP contribution is -2.15. The van der Waals surface area contributed by atoms with Crippen LogP contribution in [0.3, 0.4) is 0 Å². The minimum Gasteiger partial charge on any atom is -0.325 e. The molecule has 25 heavy (non-hydrogen) atoms. The average molecular weight is 359 g/mol. The second kappa shape index (κ2) is 7.60. The first-order valence-corrected chi connectivity index (χ1v) is 9.91. The van der Waals surface area contributed by atoms with Crippen molar-refractivity contribution in [3.8, 4) is 0 Å². The molecular weight excluding hydrogens is 332 g/mol. The van der Waals surface area contributed by atoms with E-state index in [9.17, 15) is 4.79 Å². The fourth-order valence-electron chi connectivity index (χ4n) is 2.76. The Kier molecular flexibility index (Phi) is 5.47. The Morgan fingerprint density at radius 3 is 2.64 bits per heavy atom. The molecule has 0 radical (unpaired) electrons. The van der Waals surface area contributed by atoms with Crippen LogP contribution in [0.1, 0.15) is 69.8 Å². The average Bonchev–Trinajstić information content (AvgIpc) is 3.32. The second-order valence-electron chi connectivity index (χ2n) is 7.21. The Morgan fingerprint density at radius 1 is 1.24 bits per heavy atom. The van der Waals surface area contributed by atoms with E-state index in [4.69, 9.17) is 0 Å². The van der Waals surface area contributed by atoms with Crippen LogP contribution in [-0.4, -0.2) is 26.4 Å². The minimum atomic E-state index is -0.0117. The smallest absolute Gasteiger partial charge is 0.234 e. The van der Waals surface area contributed by atoms with Gasteiger partial charge in [-0.05, 0) is 36.5 Å². The molecule has 0 aliphatic heterocycles. The van der Waals surface area contributed by atoms with Crippen LogP contribution in [0.15, 0.2) is 29.4 Å². The summed E-state index contributed by atoms with van der Waals surface area (Å²) in [4.78, 5) is 12.3. The number of carbonyl (C=O) groups excluding carboxylic acids is 1. The largest absolute Gasteiger partial charge is 0.325 e. The lowest BCUT2D eigenvalue weighted by Gasteiger charge is -2.11. The Hall–Kier alpha value is -1.82. The zero-order valence-electron chi connectivity index (χ0n) is 15.3. The van der Waals surface area contributed by atoms with E-state index >= 15 is 0 Å². The molecule has 3 rings (SSSR count). The second-order valence-corrected chi connectivity index (χ2v) is 8.16. The third-order valence-corrected chi connectivity index (χ3v) is 5.23. The first-order chi connectivity index (χ1) is 12.0. The van der Waals surface area contributed by atoms with E-state index < -0.39 is 0 Å². The molecule has 5 nitrogen and oxygen atoms in total. The highest BCUT2D eigenvalue weighted by Crippen LogP contribution is 2.40. The molecule has 0 atom stereocenters. The van der Waals surface area contributed by atoms with Gasteiger partial charge >= 0.3 is 0 Å². The number of aromatic nitrogens is 3. The van der Waals surface area contributed by atoms with Gasteiger partial charge in [-0.2, -0.15) is 0 Å². The maximum atomic E-state index is 12.3. The van der Waals surface area contributed by atoms with E-state index in [0.29, 0.717) is 23.6 Å². The van der Waals surface area contributed by atoms with Crippen LogP contribution in [-0.2, 0) is 4.79 Å². The molecule has 1 fully saturated rings. The van der Waals surface area contributed by atoms with Gasteiger partial charge in [0.1, 0.15) is 5.82 Å². The standard InChI is InChI=1S/C19H26N4OS/c1-12(2)14-6-5-7-15(10-14)20-17(24)11-25-19-22-21-18(13(3)4)23(19)16-8-9-16/h5-7,10,12-13,16H,8-9,11H2,1-4H3,(H,20,24). The van der Waals surface area contributed by atoms with Crippen LogP contribution in [0.4, 0.5) is 5.69 Å². The van der Waals surface area contributed by atoms with Gasteiger partial charge in [-0.25, -0.2) is 0 Å². The molecule has 1 aliphatic rings. The topological polar surface area (TPSA) is 59.8 Å². The van der Waals surface area contributed by atoms with Gasteiger partial charge in [0, 0.05) is 17.6 Å². The summed E-state index contributed by atoms with van der Waals surface area (Å²) in [5.41, 5.74) is 2.07. The summed E-state index contributed by atoms with van der Waals surface area (Å²) in [7, 11) is 0. The summed E-state index contributed by atoms with van der Waals surface area (Å²) in [5, 5.41) is 12.5.